The maximum Gasteiger partial charge on any atom is 0.118 e. The van der Waals surface area contributed by atoms with E-state index in [4.69, 9.17) is 4.74 Å². The molecule has 0 N–H and O–H groups in total. The summed E-state index contributed by atoms with van der Waals surface area (Å²) in [5.41, 5.74) is 3.57. The molecule has 0 aliphatic heterocycles. The van der Waals surface area contributed by atoms with E-state index in [1.807, 2.05) is 24.5 Å². The van der Waals surface area contributed by atoms with E-state index in [1.165, 1.54) is 16.3 Å². The van der Waals surface area contributed by atoms with E-state index in [9.17, 15) is 0 Å². The maximum absolute atomic E-state index is 5.20. The van der Waals surface area contributed by atoms with Gasteiger partial charge in [-0.3, -0.25) is 4.98 Å². The van der Waals surface area contributed by atoms with E-state index in [0.717, 1.165) is 16.9 Å². The highest BCUT2D eigenvalue weighted by Gasteiger charge is 2.05. The molecule has 94 valence electrons. The van der Waals surface area contributed by atoms with Gasteiger partial charge in [0.2, 0.25) is 0 Å². The molecule has 0 fully saturated rings. The summed E-state index contributed by atoms with van der Waals surface area (Å²) in [5.74, 6) is 0.869. The molecular formula is C17H15NO. The molecule has 2 heteroatoms. The van der Waals surface area contributed by atoms with Crippen LogP contribution in [0.3, 0.4) is 0 Å². The van der Waals surface area contributed by atoms with Gasteiger partial charge in [-0.1, -0.05) is 35.9 Å². The monoisotopic (exact) mass is 249 g/mol. The number of aromatic nitrogens is 1. The summed E-state index contributed by atoms with van der Waals surface area (Å²) in [6.45, 7) is 2.11. The Morgan fingerprint density at radius 2 is 1.74 bits per heavy atom. The van der Waals surface area contributed by atoms with Crippen molar-refractivity contribution in [2.45, 2.75) is 6.92 Å². The number of hydrogen-bond acceptors (Lipinski definition) is 2. The topological polar surface area (TPSA) is 22.1 Å². The number of rotatable bonds is 2. The summed E-state index contributed by atoms with van der Waals surface area (Å²) < 4.78 is 5.20. The fraction of sp³-hybridized carbons (Fsp3) is 0.118. The van der Waals surface area contributed by atoms with Gasteiger partial charge in [0.25, 0.3) is 0 Å². The van der Waals surface area contributed by atoms with Crippen molar-refractivity contribution >= 4 is 10.8 Å². The lowest BCUT2D eigenvalue weighted by Crippen LogP contribution is -1.86. The van der Waals surface area contributed by atoms with Crippen LogP contribution in [-0.2, 0) is 0 Å². The van der Waals surface area contributed by atoms with Gasteiger partial charge in [0, 0.05) is 23.3 Å². The van der Waals surface area contributed by atoms with Crippen molar-refractivity contribution in [1.82, 2.24) is 4.98 Å². The lowest BCUT2D eigenvalue weighted by molar-refractivity contribution is 0.415. The van der Waals surface area contributed by atoms with E-state index < -0.39 is 0 Å². The Morgan fingerprint density at radius 3 is 2.47 bits per heavy atom. The summed E-state index contributed by atoms with van der Waals surface area (Å²) in [5, 5.41) is 2.40. The second-order valence-electron chi connectivity index (χ2n) is 4.64. The molecule has 19 heavy (non-hydrogen) atoms. The zero-order chi connectivity index (χ0) is 13.2. The van der Waals surface area contributed by atoms with E-state index >= 15 is 0 Å². The molecule has 1 aromatic heterocycles. The number of benzene rings is 2. The second kappa shape index (κ2) is 4.73. The first-order chi connectivity index (χ1) is 9.28. The third kappa shape index (κ3) is 2.17. The molecule has 0 aliphatic carbocycles. The van der Waals surface area contributed by atoms with E-state index in [2.05, 4.69) is 42.2 Å². The van der Waals surface area contributed by atoms with Gasteiger partial charge in [0.1, 0.15) is 5.75 Å². The smallest absolute Gasteiger partial charge is 0.118 e. The fourth-order valence-corrected chi connectivity index (χ4v) is 2.28. The molecule has 2 aromatic carbocycles. The van der Waals surface area contributed by atoms with Gasteiger partial charge >= 0.3 is 0 Å². The van der Waals surface area contributed by atoms with Crippen molar-refractivity contribution in [2.75, 3.05) is 7.11 Å². The molecule has 0 aliphatic rings. The number of hydrogen-bond donors (Lipinski definition) is 0. The zero-order valence-corrected chi connectivity index (χ0v) is 11.1. The molecule has 0 unspecified atom stereocenters. The lowest BCUT2D eigenvalue weighted by atomic mass is 9.99. The highest BCUT2D eigenvalue weighted by atomic mass is 16.5. The van der Waals surface area contributed by atoms with Crippen molar-refractivity contribution in [3.8, 4) is 16.9 Å². The van der Waals surface area contributed by atoms with Gasteiger partial charge in [-0.15, -0.1) is 0 Å². The Labute approximate surface area is 112 Å². The standard InChI is InChI=1S/C17H15NO/c1-12-3-4-14-10-18-11-17(16(14)9-12)13-5-7-15(19-2)8-6-13/h3-11H,1-2H3. The van der Waals surface area contributed by atoms with Crippen molar-refractivity contribution in [3.05, 3.63) is 60.4 Å². The van der Waals surface area contributed by atoms with Crippen LogP contribution in [-0.4, -0.2) is 12.1 Å². The van der Waals surface area contributed by atoms with Gasteiger partial charge in [0.05, 0.1) is 7.11 Å². The molecule has 3 rings (SSSR count). The van der Waals surface area contributed by atoms with E-state index in [1.54, 1.807) is 7.11 Å². The van der Waals surface area contributed by atoms with Crippen LogP contribution < -0.4 is 4.74 Å². The first-order valence-electron chi connectivity index (χ1n) is 6.27. The molecule has 0 spiro atoms. The van der Waals surface area contributed by atoms with Crippen molar-refractivity contribution in [2.24, 2.45) is 0 Å². The van der Waals surface area contributed by atoms with Gasteiger partial charge in [-0.2, -0.15) is 0 Å². The van der Waals surface area contributed by atoms with Crippen LogP contribution in [0, 0.1) is 6.92 Å². The third-order valence-corrected chi connectivity index (χ3v) is 3.32. The van der Waals surface area contributed by atoms with Crippen LogP contribution in [0.25, 0.3) is 21.9 Å². The van der Waals surface area contributed by atoms with Crippen LogP contribution in [0.2, 0.25) is 0 Å². The molecular weight excluding hydrogens is 234 g/mol. The largest absolute Gasteiger partial charge is 0.497 e. The highest BCUT2D eigenvalue weighted by Crippen LogP contribution is 2.29. The molecule has 0 saturated heterocycles. The van der Waals surface area contributed by atoms with Gasteiger partial charge < -0.3 is 4.74 Å². The number of nitrogens with zero attached hydrogens (tertiary/aromatic N) is 1. The van der Waals surface area contributed by atoms with Gasteiger partial charge in [0.15, 0.2) is 0 Å². The minimum Gasteiger partial charge on any atom is -0.497 e. The molecule has 1 heterocycles. The van der Waals surface area contributed by atoms with Crippen LogP contribution in [0.1, 0.15) is 5.56 Å². The fourth-order valence-electron chi connectivity index (χ4n) is 2.28. The van der Waals surface area contributed by atoms with E-state index in [-0.39, 0.29) is 0 Å². The molecule has 0 radical (unpaired) electrons. The predicted molar refractivity (Wildman–Crippen MR) is 78.5 cm³/mol. The normalized spacial score (nSPS) is 10.6. The summed E-state index contributed by atoms with van der Waals surface area (Å²) in [6.07, 6.45) is 3.82. The van der Waals surface area contributed by atoms with Gasteiger partial charge in [-0.05, 0) is 30.0 Å². The van der Waals surface area contributed by atoms with Crippen molar-refractivity contribution in [1.29, 1.82) is 0 Å². The predicted octanol–water partition coefficient (Wildman–Crippen LogP) is 4.22. The maximum atomic E-state index is 5.20. The number of methoxy groups -OCH3 is 1. The summed E-state index contributed by atoms with van der Waals surface area (Å²) in [4.78, 5) is 4.33. The Hall–Kier alpha value is -2.35. The van der Waals surface area contributed by atoms with Crippen LogP contribution in [0.5, 0.6) is 5.75 Å². The average molecular weight is 249 g/mol. The van der Waals surface area contributed by atoms with Crippen LogP contribution in [0.4, 0.5) is 0 Å². The average Bonchev–Trinajstić information content (AvgIpc) is 2.47. The van der Waals surface area contributed by atoms with Crippen LogP contribution >= 0.6 is 0 Å². The molecule has 2 nitrogen and oxygen atoms in total. The Balaban J connectivity index is 2.20. The van der Waals surface area contributed by atoms with Crippen molar-refractivity contribution in [3.63, 3.8) is 0 Å². The Kier molecular flexibility index (Phi) is 2.92. The van der Waals surface area contributed by atoms with E-state index in [0.29, 0.717) is 0 Å². The zero-order valence-electron chi connectivity index (χ0n) is 11.1. The molecule has 0 saturated carbocycles. The minimum atomic E-state index is 0.869. The minimum absolute atomic E-state index is 0.869. The summed E-state index contributed by atoms with van der Waals surface area (Å²) >= 11 is 0. The molecule has 0 amide bonds. The SMILES string of the molecule is COc1ccc(-c2cncc3ccc(C)cc23)cc1. The number of pyridine rings is 1. The Bertz CT molecular complexity index is 717. The third-order valence-electron chi connectivity index (χ3n) is 3.32. The van der Waals surface area contributed by atoms with Gasteiger partial charge in [-0.25, -0.2) is 0 Å². The quantitative estimate of drug-likeness (QED) is 0.678. The highest BCUT2D eigenvalue weighted by molar-refractivity contribution is 5.96. The second-order valence-corrected chi connectivity index (χ2v) is 4.64. The number of aryl methyl sites for hydroxylation is 1. The van der Waals surface area contributed by atoms with Crippen LogP contribution in [0.15, 0.2) is 54.9 Å². The number of fused-ring (bicyclic) bond motifs is 1. The first-order valence-corrected chi connectivity index (χ1v) is 6.27. The first kappa shape index (κ1) is 11.7. The number of ether oxygens (including phenoxy) is 1. The summed E-state index contributed by atoms with van der Waals surface area (Å²) in [6, 6.07) is 14.5. The summed E-state index contributed by atoms with van der Waals surface area (Å²) in [7, 11) is 1.68. The lowest BCUT2D eigenvalue weighted by Gasteiger charge is -2.08. The molecule has 0 bridgehead atoms. The van der Waals surface area contributed by atoms with Crippen molar-refractivity contribution < 1.29 is 4.74 Å². The molecule has 0 atom stereocenters. The molecule has 3 aromatic rings. The Morgan fingerprint density at radius 1 is 0.947 bits per heavy atom.